The average Bonchev–Trinajstić information content (AvgIpc) is 3.24. The monoisotopic (exact) mass is 311 g/mol. The molecular weight excluding hydrogens is 286 g/mol. The van der Waals surface area contributed by atoms with Crippen LogP contribution >= 0.6 is 0 Å². The highest BCUT2D eigenvalue weighted by atomic mass is 16.2. The fourth-order valence-corrected chi connectivity index (χ4v) is 4.16. The number of hydrogen-bond donors (Lipinski definition) is 2. The highest BCUT2D eigenvalue weighted by molar-refractivity contribution is 5.83. The summed E-state index contributed by atoms with van der Waals surface area (Å²) >= 11 is 0. The van der Waals surface area contributed by atoms with Crippen molar-refractivity contribution in [1.29, 1.82) is 0 Å². The van der Waals surface area contributed by atoms with Gasteiger partial charge in [-0.25, -0.2) is 4.79 Å². The Hall–Kier alpha value is -1.97. The summed E-state index contributed by atoms with van der Waals surface area (Å²) in [7, 11) is 0. The molecule has 2 fully saturated rings. The molecule has 4 heteroatoms. The fraction of sp³-hybridized carbons (Fsp3) is 0.526. The number of carbonyl (C=O) groups excluding carboxylic acids is 1. The lowest BCUT2D eigenvalue weighted by molar-refractivity contribution is 0.178. The highest BCUT2D eigenvalue weighted by Gasteiger charge is 2.27. The summed E-state index contributed by atoms with van der Waals surface area (Å²) in [6, 6.07) is 9.05. The number of rotatable bonds is 2. The molecule has 4 rings (SSSR count). The van der Waals surface area contributed by atoms with Gasteiger partial charge in [-0.3, -0.25) is 0 Å². The van der Waals surface area contributed by atoms with Crippen molar-refractivity contribution in [3.8, 4) is 0 Å². The van der Waals surface area contributed by atoms with E-state index in [0.717, 1.165) is 38.8 Å². The smallest absolute Gasteiger partial charge is 0.317 e. The average molecular weight is 311 g/mol. The first kappa shape index (κ1) is 14.6. The third-order valence-corrected chi connectivity index (χ3v) is 5.53. The second kappa shape index (κ2) is 6.26. The van der Waals surface area contributed by atoms with Crippen LogP contribution in [0, 0.1) is 0 Å². The van der Waals surface area contributed by atoms with Gasteiger partial charge in [0, 0.05) is 36.2 Å². The van der Waals surface area contributed by atoms with E-state index in [1.54, 1.807) is 0 Å². The van der Waals surface area contributed by atoms with Gasteiger partial charge in [0.25, 0.3) is 0 Å². The Labute approximate surface area is 137 Å². The van der Waals surface area contributed by atoms with Gasteiger partial charge in [0.1, 0.15) is 0 Å². The van der Waals surface area contributed by atoms with Gasteiger partial charge < -0.3 is 15.2 Å². The zero-order chi connectivity index (χ0) is 15.6. The van der Waals surface area contributed by atoms with Crippen molar-refractivity contribution < 1.29 is 4.79 Å². The van der Waals surface area contributed by atoms with E-state index in [1.807, 2.05) is 4.90 Å². The lowest BCUT2D eigenvalue weighted by Crippen LogP contribution is -2.47. The first-order valence-corrected chi connectivity index (χ1v) is 8.93. The number of amides is 2. The predicted molar refractivity (Wildman–Crippen MR) is 92.6 cm³/mol. The molecule has 2 heterocycles. The number of piperidine rings is 1. The van der Waals surface area contributed by atoms with E-state index in [1.165, 1.54) is 29.3 Å². The van der Waals surface area contributed by atoms with Gasteiger partial charge in [-0.05, 0) is 43.2 Å². The largest absolute Gasteiger partial charge is 0.361 e. The molecule has 0 radical (unpaired) electrons. The van der Waals surface area contributed by atoms with Gasteiger partial charge >= 0.3 is 6.03 Å². The molecule has 1 aliphatic heterocycles. The molecule has 2 aliphatic rings. The zero-order valence-corrected chi connectivity index (χ0v) is 13.6. The Morgan fingerprint density at radius 1 is 1.09 bits per heavy atom. The number of nitrogens with zero attached hydrogens (tertiary/aromatic N) is 1. The van der Waals surface area contributed by atoms with Crippen molar-refractivity contribution in [3.05, 3.63) is 36.0 Å². The normalized spacial score (nSPS) is 20.3. The van der Waals surface area contributed by atoms with Gasteiger partial charge in [0.15, 0.2) is 0 Å². The van der Waals surface area contributed by atoms with Crippen LogP contribution in [0.3, 0.4) is 0 Å². The molecule has 2 aromatic rings. The third kappa shape index (κ3) is 2.94. The minimum atomic E-state index is 0.147. The molecular formula is C19H25N3O. The van der Waals surface area contributed by atoms with Crippen LogP contribution in [0.1, 0.15) is 50.0 Å². The van der Waals surface area contributed by atoms with Crippen molar-refractivity contribution in [3.63, 3.8) is 0 Å². The summed E-state index contributed by atoms with van der Waals surface area (Å²) in [5.41, 5.74) is 2.63. The Kier molecular flexibility index (Phi) is 3.98. The van der Waals surface area contributed by atoms with Crippen LogP contribution in [0.5, 0.6) is 0 Å². The van der Waals surface area contributed by atoms with Crippen LogP contribution in [-0.4, -0.2) is 35.0 Å². The summed E-state index contributed by atoms with van der Waals surface area (Å²) in [5.74, 6) is 0.557. The molecule has 23 heavy (non-hydrogen) atoms. The molecule has 1 aromatic heterocycles. The molecule has 1 aliphatic carbocycles. The lowest BCUT2D eigenvalue weighted by Gasteiger charge is -2.32. The number of aromatic amines is 1. The second-order valence-electron chi connectivity index (χ2n) is 6.98. The number of hydrogen-bond acceptors (Lipinski definition) is 1. The molecule has 2 N–H and O–H groups in total. The van der Waals surface area contributed by atoms with Crippen LogP contribution in [0.4, 0.5) is 4.79 Å². The number of urea groups is 1. The fourth-order valence-electron chi connectivity index (χ4n) is 4.16. The summed E-state index contributed by atoms with van der Waals surface area (Å²) in [6.07, 6.45) is 9.08. The third-order valence-electron chi connectivity index (χ3n) is 5.53. The number of nitrogens with one attached hydrogen (secondary N) is 2. The summed E-state index contributed by atoms with van der Waals surface area (Å²) in [4.78, 5) is 17.7. The molecule has 0 unspecified atom stereocenters. The number of likely N-dealkylation sites (tertiary alicyclic amines) is 1. The van der Waals surface area contributed by atoms with Crippen LogP contribution in [0.2, 0.25) is 0 Å². The lowest BCUT2D eigenvalue weighted by atomic mass is 9.89. The number of carbonyl (C=O) groups is 1. The van der Waals surface area contributed by atoms with E-state index in [9.17, 15) is 4.79 Å². The first-order valence-electron chi connectivity index (χ1n) is 8.93. The quantitative estimate of drug-likeness (QED) is 0.865. The number of aromatic nitrogens is 1. The van der Waals surface area contributed by atoms with Crippen molar-refractivity contribution in [2.75, 3.05) is 13.1 Å². The Bertz CT molecular complexity index is 679. The number of H-pyrrole nitrogens is 1. The zero-order valence-electron chi connectivity index (χ0n) is 13.6. The minimum absolute atomic E-state index is 0.147. The first-order chi connectivity index (χ1) is 11.3. The molecule has 2 amide bonds. The second-order valence-corrected chi connectivity index (χ2v) is 6.98. The molecule has 1 saturated heterocycles. The molecule has 1 aromatic carbocycles. The maximum atomic E-state index is 12.4. The number of fused-ring (bicyclic) bond motifs is 1. The van der Waals surface area contributed by atoms with Gasteiger partial charge in [0.05, 0.1) is 0 Å². The van der Waals surface area contributed by atoms with Gasteiger partial charge in [-0.2, -0.15) is 0 Å². The maximum absolute atomic E-state index is 12.4. The van der Waals surface area contributed by atoms with E-state index in [4.69, 9.17) is 0 Å². The van der Waals surface area contributed by atoms with Crippen LogP contribution < -0.4 is 5.32 Å². The standard InChI is InChI=1S/C19H25N3O/c23-19(21-15-5-1-2-6-15)22-11-9-14(10-12-22)17-13-20-18-8-4-3-7-16(17)18/h3-4,7-8,13-15,20H,1-2,5-6,9-12H2,(H,21,23). The highest BCUT2D eigenvalue weighted by Crippen LogP contribution is 2.33. The molecule has 0 atom stereocenters. The molecule has 0 spiro atoms. The van der Waals surface area contributed by atoms with Crippen molar-refractivity contribution >= 4 is 16.9 Å². The SMILES string of the molecule is O=C(NC1CCCC1)N1CCC(c2c[nH]c3ccccc23)CC1. The van der Waals surface area contributed by atoms with Crippen LogP contribution in [-0.2, 0) is 0 Å². The van der Waals surface area contributed by atoms with Crippen molar-refractivity contribution in [1.82, 2.24) is 15.2 Å². The molecule has 4 nitrogen and oxygen atoms in total. The molecule has 122 valence electrons. The Morgan fingerprint density at radius 2 is 1.83 bits per heavy atom. The topological polar surface area (TPSA) is 48.1 Å². The van der Waals surface area contributed by atoms with Gasteiger partial charge in [-0.1, -0.05) is 31.0 Å². The van der Waals surface area contributed by atoms with Gasteiger partial charge in [0.2, 0.25) is 0 Å². The van der Waals surface area contributed by atoms with E-state index >= 15 is 0 Å². The van der Waals surface area contributed by atoms with Crippen molar-refractivity contribution in [2.45, 2.75) is 50.5 Å². The molecule has 1 saturated carbocycles. The summed E-state index contributed by atoms with van der Waals surface area (Å²) in [6.45, 7) is 1.73. The summed E-state index contributed by atoms with van der Waals surface area (Å²) in [5, 5.41) is 4.54. The Balaban J connectivity index is 1.38. The van der Waals surface area contributed by atoms with E-state index in [-0.39, 0.29) is 6.03 Å². The van der Waals surface area contributed by atoms with Crippen LogP contribution in [0.15, 0.2) is 30.5 Å². The number of benzene rings is 1. The Morgan fingerprint density at radius 3 is 2.61 bits per heavy atom. The van der Waals surface area contributed by atoms with E-state index in [2.05, 4.69) is 40.8 Å². The maximum Gasteiger partial charge on any atom is 0.317 e. The van der Waals surface area contributed by atoms with E-state index in [0.29, 0.717) is 12.0 Å². The van der Waals surface area contributed by atoms with E-state index < -0.39 is 0 Å². The van der Waals surface area contributed by atoms with Gasteiger partial charge in [-0.15, -0.1) is 0 Å². The molecule has 0 bridgehead atoms. The predicted octanol–water partition coefficient (Wildman–Crippen LogP) is 4.00. The summed E-state index contributed by atoms with van der Waals surface area (Å²) < 4.78 is 0. The van der Waals surface area contributed by atoms with Crippen molar-refractivity contribution in [2.24, 2.45) is 0 Å². The van der Waals surface area contributed by atoms with Crippen LogP contribution in [0.25, 0.3) is 10.9 Å². The minimum Gasteiger partial charge on any atom is -0.361 e. The number of para-hydroxylation sites is 1.